The second-order valence-electron chi connectivity index (χ2n) is 6.61. The molecule has 5 nitrogen and oxygen atoms in total. The number of halogens is 1. The molecule has 26 heavy (non-hydrogen) atoms. The van der Waals surface area contributed by atoms with E-state index in [2.05, 4.69) is 4.98 Å². The Balaban J connectivity index is 1.88. The molecule has 0 saturated carbocycles. The van der Waals surface area contributed by atoms with Gasteiger partial charge in [0.2, 0.25) is 0 Å². The van der Waals surface area contributed by atoms with E-state index in [-0.39, 0.29) is 5.56 Å². The first-order chi connectivity index (χ1) is 12.7. The van der Waals surface area contributed by atoms with Crippen LogP contribution in [-0.4, -0.2) is 30.6 Å². The molecule has 0 unspecified atom stereocenters. The summed E-state index contributed by atoms with van der Waals surface area (Å²) in [6, 6.07) is 7.35. The summed E-state index contributed by atoms with van der Waals surface area (Å²) in [6.45, 7) is 2.78. The fraction of sp³-hybridized carbons (Fsp3) is 0.421. The van der Waals surface area contributed by atoms with Crippen LogP contribution >= 0.6 is 23.4 Å². The number of rotatable bonds is 4. The maximum atomic E-state index is 13.2. The van der Waals surface area contributed by atoms with Crippen molar-refractivity contribution >= 4 is 34.5 Å². The highest BCUT2D eigenvalue weighted by atomic mass is 35.5. The highest BCUT2D eigenvalue weighted by Gasteiger charge is 2.21. The van der Waals surface area contributed by atoms with E-state index < -0.39 is 0 Å². The van der Waals surface area contributed by atoms with Crippen LogP contribution in [0.4, 0.5) is 0 Å². The van der Waals surface area contributed by atoms with Gasteiger partial charge in [-0.15, -0.1) is 0 Å². The second-order valence-corrected chi connectivity index (χ2v) is 8.27. The van der Waals surface area contributed by atoms with E-state index in [1.165, 1.54) is 24.3 Å². The number of benzene rings is 1. The van der Waals surface area contributed by atoms with Crippen molar-refractivity contribution in [3.63, 3.8) is 0 Å². The van der Waals surface area contributed by atoms with Crippen molar-refractivity contribution in [2.75, 3.05) is 11.5 Å². The average molecular weight is 389 g/mol. The molecule has 0 spiro atoms. The van der Waals surface area contributed by atoms with E-state index in [4.69, 9.17) is 16.6 Å². The summed E-state index contributed by atoms with van der Waals surface area (Å²) in [5.74, 6) is 3.75. The van der Waals surface area contributed by atoms with Crippen molar-refractivity contribution in [2.45, 2.75) is 32.7 Å². The first-order valence-corrected chi connectivity index (χ1v) is 10.5. The Morgan fingerprint density at radius 3 is 2.65 bits per heavy atom. The van der Waals surface area contributed by atoms with Gasteiger partial charge in [-0.05, 0) is 61.5 Å². The van der Waals surface area contributed by atoms with Crippen LogP contribution in [0.15, 0.2) is 35.4 Å². The lowest BCUT2D eigenvalue weighted by Gasteiger charge is -2.22. The van der Waals surface area contributed by atoms with Crippen molar-refractivity contribution in [1.29, 1.82) is 0 Å². The van der Waals surface area contributed by atoms with Crippen LogP contribution in [-0.2, 0) is 13.0 Å². The Hall–Kier alpha value is -1.79. The molecule has 3 aromatic rings. The van der Waals surface area contributed by atoms with Gasteiger partial charge in [0.15, 0.2) is 11.2 Å². The van der Waals surface area contributed by atoms with E-state index >= 15 is 0 Å². The molecule has 0 radical (unpaired) electrons. The van der Waals surface area contributed by atoms with E-state index in [0.29, 0.717) is 22.1 Å². The molecular weight excluding hydrogens is 368 g/mol. The molecule has 0 bridgehead atoms. The molecule has 0 amide bonds. The number of fused-ring (bicyclic) bond motifs is 1. The molecule has 1 aliphatic rings. The zero-order valence-electron chi connectivity index (χ0n) is 14.7. The first kappa shape index (κ1) is 17.6. The minimum absolute atomic E-state index is 0.107. The number of nitrogens with zero attached hydrogens (tertiary/aromatic N) is 4. The van der Waals surface area contributed by atoms with Gasteiger partial charge in [-0.2, -0.15) is 11.8 Å². The average Bonchev–Trinajstić information content (AvgIpc) is 3.07. The summed E-state index contributed by atoms with van der Waals surface area (Å²) in [4.78, 5) is 22.4. The summed E-state index contributed by atoms with van der Waals surface area (Å²) < 4.78 is 3.65. The Kier molecular flexibility index (Phi) is 5.05. The van der Waals surface area contributed by atoms with Crippen LogP contribution < -0.4 is 5.56 Å². The first-order valence-electron chi connectivity index (χ1n) is 8.98. The zero-order chi connectivity index (χ0) is 18.1. The molecule has 4 rings (SSSR count). The molecule has 1 aliphatic heterocycles. The molecule has 1 saturated heterocycles. The lowest BCUT2D eigenvalue weighted by molar-refractivity contribution is 0.470. The molecule has 0 atom stereocenters. The summed E-state index contributed by atoms with van der Waals surface area (Å²) >= 11 is 8.04. The molecule has 136 valence electrons. The fourth-order valence-electron chi connectivity index (χ4n) is 3.47. The van der Waals surface area contributed by atoms with Crippen molar-refractivity contribution in [1.82, 2.24) is 19.1 Å². The summed E-state index contributed by atoms with van der Waals surface area (Å²) in [5, 5.41) is 0.650. The van der Waals surface area contributed by atoms with Crippen LogP contribution in [0.3, 0.4) is 0 Å². The Labute approximate surface area is 161 Å². The monoisotopic (exact) mass is 388 g/mol. The third kappa shape index (κ3) is 3.28. The van der Waals surface area contributed by atoms with Gasteiger partial charge in [-0.1, -0.05) is 11.6 Å². The van der Waals surface area contributed by atoms with Gasteiger partial charge < -0.3 is 4.57 Å². The fourth-order valence-corrected chi connectivity index (χ4v) is 4.80. The van der Waals surface area contributed by atoms with Gasteiger partial charge in [-0.3, -0.25) is 9.36 Å². The standard InChI is InChI=1S/C19H21ClN4OS/c1-2-23-12-21-17-18(23)22-16(11-13-7-9-26-10-8-13)24(19(17)25)15-5-3-14(20)4-6-15/h3-6,12-13H,2,7-11H2,1H3. The summed E-state index contributed by atoms with van der Waals surface area (Å²) in [7, 11) is 0. The Morgan fingerprint density at radius 1 is 1.23 bits per heavy atom. The summed E-state index contributed by atoms with van der Waals surface area (Å²) in [5.41, 5.74) is 1.79. The van der Waals surface area contributed by atoms with Crippen LogP contribution in [0.25, 0.3) is 16.9 Å². The number of hydrogen-bond donors (Lipinski definition) is 0. The molecular formula is C19H21ClN4OS. The maximum absolute atomic E-state index is 13.2. The number of aromatic nitrogens is 4. The van der Waals surface area contributed by atoms with Gasteiger partial charge in [0, 0.05) is 18.0 Å². The van der Waals surface area contributed by atoms with E-state index in [9.17, 15) is 4.79 Å². The highest BCUT2D eigenvalue weighted by Crippen LogP contribution is 2.26. The van der Waals surface area contributed by atoms with Gasteiger partial charge in [0.1, 0.15) is 5.82 Å². The smallest absolute Gasteiger partial charge is 0.286 e. The predicted octanol–water partition coefficient (Wildman–Crippen LogP) is 3.94. The third-order valence-corrected chi connectivity index (χ3v) is 6.25. The minimum atomic E-state index is -0.107. The Bertz CT molecular complexity index is 974. The van der Waals surface area contributed by atoms with Gasteiger partial charge in [0.05, 0.1) is 12.0 Å². The lowest BCUT2D eigenvalue weighted by Crippen LogP contribution is -2.26. The third-order valence-electron chi connectivity index (χ3n) is 4.95. The summed E-state index contributed by atoms with van der Waals surface area (Å²) in [6.07, 6.45) is 4.86. The van der Waals surface area contributed by atoms with Gasteiger partial charge in [0.25, 0.3) is 5.56 Å². The second kappa shape index (κ2) is 7.45. The van der Waals surface area contributed by atoms with Crippen LogP contribution in [0.5, 0.6) is 0 Å². The normalized spacial score (nSPS) is 15.6. The number of imidazole rings is 1. The molecule has 7 heteroatoms. The minimum Gasteiger partial charge on any atom is -0.315 e. The molecule has 1 fully saturated rings. The van der Waals surface area contributed by atoms with Crippen LogP contribution in [0.1, 0.15) is 25.6 Å². The largest absolute Gasteiger partial charge is 0.315 e. The van der Waals surface area contributed by atoms with Gasteiger partial charge >= 0.3 is 0 Å². The quantitative estimate of drug-likeness (QED) is 0.679. The van der Waals surface area contributed by atoms with Crippen molar-refractivity contribution in [2.24, 2.45) is 5.92 Å². The van der Waals surface area contributed by atoms with Crippen LogP contribution in [0.2, 0.25) is 5.02 Å². The topological polar surface area (TPSA) is 52.7 Å². The number of thioether (sulfide) groups is 1. The van der Waals surface area contributed by atoms with Crippen LogP contribution in [0, 0.1) is 5.92 Å². The highest BCUT2D eigenvalue weighted by molar-refractivity contribution is 7.99. The van der Waals surface area contributed by atoms with Crippen molar-refractivity contribution in [3.8, 4) is 5.69 Å². The maximum Gasteiger partial charge on any atom is 0.286 e. The molecule has 0 N–H and O–H groups in total. The molecule has 0 aliphatic carbocycles. The zero-order valence-corrected chi connectivity index (χ0v) is 16.3. The Morgan fingerprint density at radius 2 is 1.96 bits per heavy atom. The number of aryl methyl sites for hydroxylation is 1. The van der Waals surface area contributed by atoms with Gasteiger partial charge in [-0.25, -0.2) is 9.97 Å². The van der Waals surface area contributed by atoms with E-state index in [0.717, 1.165) is 24.5 Å². The number of hydrogen-bond acceptors (Lipinski definition) is 4. The SMILES string of the molecule is CCn1cnc2c(=O)n(-c3ccc(Cl)cc3)c(CC3CCSCC3)nc21. The van der Waals surface area contributed by atoms with Crippen molar-refractivity contribution < 1.29 is 0 Å². The lowest BCUT2D eigenvalue weighted by atomic mass is 9.98. The predicted molar refractivity (Wildman–Crippen MR) is 108 cm³/mol. The molecule has 3 heterocycles. The molecule has 1 aromatic carbocycles. The van der Waals surface area contributed by atoms with E-state index in [1.54, 1.807) is 23.0 Å². The van der Waals surface area contributed by atoms with Crippen molar-refractivity contribution in [3.05, 3.63) is 51.8 Å². The van der Waals surface area contributed by atoms with E-state index in [1.807, 2.05) is 35.4 Å². The molecule has 2 aromatic heterocycles.